The van der Waals surface area contributed by atoms with Gasteiger partial charge in [-0.05, 0) is 37.1 Å². The maximum Gasteiger partial charge on any atom is 0.248 e. The Morgan fingerprint density at radius 2 is 2.10 bits per heavy atom. The molecule has 1 aromatic carbocycles. The SMILES string of the molecule is Cn1c(-c2cc[nH]c(=O)c2)nnc1N1CCC[C@@H]1c1cc(-c2cc(Cl)ccc2F)on1. The lowest BCUT2D eigenvalue weighted by atomic mass is 10.1. The number of aromatic amines is 1. The summed E-state index contributed by atoms with van der Waals surface area (Å²) in [6.45, 7) is 0.764. The van der Waals surface area contributed by atoms with E-state index in [1.54, 1.807) is 18.3 Å². The fraction of sp³-hybridized carbons (Fsp3) is 0.238. The van der Waals surface area contributed by atoms with Gasteiger partial charge in [0.05, 0.1) is 11.6 Å². The highest BCUT2D eigenvalue weighted by Gasteiger charge is 2.32. The molecule has 0 amide bonds. The summed E-state index contributed by atoms with van der Waals surface area (Å²) in [5.74, 6) is 1.15. The largest absolute Gasteiger partial charge is 0.356 e. The van der Waals surface area contributed by atoms with Crippen molar-refractivity contribution >= 4 is 17.5 Å². The molecule has 0 radical (unpaired) electrons. The minimum atomic E-state index is -0.425. The Labute approximate surface area is 181 Å². The topological polar surface area (TPSA) is 92.8 Å². The molecular weight excluding hydrogens is 423 g/mol. The first-order chi connectivity index (χ1) is 15.0. The molecule has 0 spiro atoms. The summed E-state index contributed by atoms with van der Waals surface area (Å²) in [5, 5.41) is 13.3. The van der Waals surface area contributed by atoms with Crippen molar-refractivity contribution in [1.82, 2.24) is 24.9 Å². The van der Waals surface area contributed by atoms with Crippen molar-refractivity contribution in [3.05, 3.63) is 69.5 Å². The van der Waals surface area contributed by atoms with Crippen molar-refractivity contribution in [1.29, 1.82) is 0 Å². The first-order valence-electron chi connectivity index (χ1n) is 9.78. The van der Waals surface area contributed by atoms with Crippen LogP contribution in [0.4, 0.5) is 10.3 Å². The van der Waals surface area contributed by atoms with Crippen LogP contribution in [0.15, 0.2) is 51.9 Å². The zero-order valence-electron chi connectivity index (χ0n) is 16.5. The van der Waals surface area contributed by atoms with Crippen molar-refractivity contribution < 1.29 is 8.91 Å². The summed E-state index contributed by atoms with van der Waals surface area (Å²) in [7, 11) is 1.86. The number of halogens is 2. The number of nitrogens with one attached hydrogen (secondary N) is 1. The third kappa shape index (κ3) is 3.50. The molecule has 1 fully saturated rings. The Bertz CT molecular complexity index is 1310. The molecule has 1 atom stereocenters. The van der Waals surface area contributed by atoms with E-state index >= 15 is 0 Å². The Morgan fingerprint density at radius 3 is 2.94 bits per heavy atom. The van der Waals surface area contributed by atoms with Gasteiger partial charge < -0.3 is 14.4 Å². The van der Waals surface area contributed by atoms with Crippen molar-refractivity contribution in [2.75, 3.05) is 11.4 Å². The smallest absolute Gasteiger partial charge is 0.248 e. The molecule has 0 bridgehead atoms. The molecule has 3 aromatic heterocycles. The van der Waals surface area contributed by atoms with Gasteiger partial charge in [-0.1, -0.05) is 16.8 Å². The molecule has 1 saturated heterocycles. The molecule has 1 aliphatic heterocycles. The van der Waals surface area contributed by atoms with Crippen molar-refractivity contribution in [3.63, 3.8) is 0 Å². The molecule has 10 heteroatoms. The van der Waals surface area contributed by atoms with E-state index in [9.17, 15) is 9.18 Å². The number of H-pyrrole nitrogens is 1. The van der Waals surface area contributed by atoms with E-state index in [0.717, 1.165) is 19.4 Å². The summed E-state index contributed by atoms with van der Waals surface area (Å²) in [6.07, 6.45) is 3.36. The lowest BCUT2D eigenvalue weighted by Crippen LogP contribution is -2.25. The first kappa shape index (κ1) is 19.5. The van der Waals surface area contributed by atoms with E-state index in [0.29, 0.717) is 33.8 Å². The minimum Gasteiger partial charge on any atom is -0.356 e. The molecule has 0 aliphatic carbocycles. The summed E-state index contributed by atoms with van der Waals surface area (Å²) in [5.41, 5.74) is 1.43. The third-order valence-corrected chi connectivity index (χ3v) is 5.69. The monoisotopic (exact) mass is 440 g/mol. The second kappa shape index (κ2) is 7.66. The second-order valence-electron chi connectivity index (χ2n) is 7.42. The van der Waals surface area contributed by atoms with Crippen LogP contribution in [0.25, 0.3) is 22.7 Å². The molecule has 0 unspecified atom stereocenters. The first-order valence-corrected chi connectivity index (χ1v) is 10.2. The molecule has 5 rings (SSSR count). The normalized spacial score (nSPS) is 16.2. The molecular formula is C21H18ClFN6O2. The summed E-state index contributed by atoms with van der Waals surface area (Å²) >= 11 is 6.01. The van der Waals surface area contributed by atoms with Crippen LogP contribution in [0.2, 0.25) is 5.02 Å². The van der Waals surface area contributed by atoms with E-state index in [1.165, 1.54) is 24.3 Å². The summed E-state index contributed by atoms with van der Waals surface area (Å²) < 4.78 is 21.5. The number of pyridine rings is 1. The Kier molecular flexibility index (Phi) is 4.82. The van der Waals surface area contributed by atoms with Gasteiger partial charge in [-0.2, -0.15) is 0 Å². The molecule has 31 heavy (non-hydrogen) atoms. The summed E-state index contributed by atoms with van der Waals surface area (Å²) in [4.78, 5) is 16.4. The number of aromatic nitrogens is 5. The average Bonchev–Trinajstić information content (AvgIpc) is 3.48. The van der Waals surface area contributed by atoms with Gasteiger partial charge in [-0.15, -0.1) is 10.2 Å². The number of benzene rings is 1. The number of nitrogens with zero attached hydrogens (tertiary/aromatic N) is 5. The fourth-order valence-corrected chi connectivity index (χ4v) is 4.15. The van der Waals surface area contributed by atoms with Crippen molar-refractivity contribution in [2.24, 2.45) is 7.05 Å². The van der Waals surface area contributed by atoms with Gasteiger partial charge in [0.15, 0.2) is 11.6 Å². The summed E-state index contributed by atoms with van der Waals surface area (Å²) in [6, 6.07) is 9.23. The number of hydrogen-bond acceptors (Lipinski definition) is 6. The van der Waals surface area contributed by atoms with Gasteiger partial charge in [0.1, 0.15) is 11.5 Å². The van der Waals surface area contributed by atoms with Crippen LogP contribution >= 0.6 is 11.6 Å². The van der Waals surface area contributed by atoms with Crippen LogP contribution < -0.4 is 10.5 Å². The van der Waals surface area contributed by atoms with Crippen LogP contribution in [0.3, 0.4) is 0 Å². The quantitative estimate of drug-likeness (QED) is 0.516. The fourth-order valence-electron chi connectivity index (χ4n) is 3.98. The second-order valence-corrected chi connectivity index (χ2v) is 7.85. The van der Waals surface area contributed by atoms with Crippen LogP contribution in [0.1, 0.15) is 24.6 Å². The molecule has 4 aromatic rings. The van der Waals surface area contributed by atoms with Crippen LogP contribution in [-0.4, -0.2) is 31.4 Å². The van der Waals surface area contributed by atoms with E-state index < -0.39 is 5.82 Å². The average molecular weight is 441 g/mol. The van der Waals surface area contributed by atoms with Gasteiger partial charge >= 0.3 is 0 Å². The Hall–Kier alpha value is -3.46. The highest BCUT2D eigenvalue weighted by molar-refractivity contribution is 6.30. The minimum absolute atomic E-state index is 0.0883. The highest BCUT2D eigenvalue weighted by Crippen LogP contribution is 2.37. The maximum absolute atomic E-state index is 14.2. The van der Waals surface area contributed by atoms with Crippen LogP contribution in [-0.2, 0) is 7.05 Å². The number of rotatable bonds is 4. The molecule has 8 nitrogen and oxygen atoms in total. The van der Waals surface area contributed by atoms with E-state index in [2.05, 4.69) is 25.2 Å². The molecule has 0 saturated carbocycles. The van der Waals surface area contributed by atoms with Crippen molar-refractivity contribution in [3.8, 4) is 22.7 Å². The highest BCUT2D eigenvalue weighted by atomic mass is 35.5. The zero-order chi connectivity index (χ0) is 21.5. The Morgan fingerprint density at radius 1 is 1.23 bits per heavy atom. The Balaban J connectivity index is 1.47. The lowest BCUT2D eigenvalue weighted by Gasteiger charge is -2.23. The van der Waals surface area contributed by atoms with Gasteiger partial charge in [-0.3, -0.25) is 9.36 Å². The molecule has 158 valence electrons. The van der Waals surface area contributed by atoms with E-state index in [4.69, 9.17) is 16.1 Å². The lowest BCUT2D eigenvalue weighted by molar-refractivity contribution is 0.414. The maximum atomic E-state index is 14.2. The molecule has 1 aliphatic rings. The van der Waals surface area contributed by atoms with E-state index in [1.807, 2.05) is 11.6 Å². The van der Waals surface area contributed by atoms with Gasteiger partial charge in [0, 0.05) is 42.5 Å². The molecule has 4 heterocycles. The zero-order valence-corrected chi connectivity index (χ0v) is 17.3. The van der Waals surface area contributed by atoms with Crippen LogP contribution in [0, 0.1) is 5.82 Å². The van der Waals surface area contributed by atoms with Gasteiger partial charge in [0.2, 0.25) is 11.5 Å². The number of anilines is 1. The predicted molar refractivity (Wildman–Crippen MR) is 113 cm³/mol. The third-order valence-electron chi connectivity index (χ3n) is 5.46. The predicted octanol–water partition coefficient (Wildman–Crippen LogP) is 3.96. The van der Waals surface area contributed by atoms with Gasteiger partial charge in [0.25, 0.3) is 0 Å². The van der Waals surface area contributed by atoms with Crippen LogP contribution in [0.5, 0.6) is 0 Å². The van der Waals surface area contributed by atoms with Gasteiger partial charge in [-0.25, -0.2) is 4.39 Å². The standard InChI is InChI=1S/C21H18ClFN6O2/c1-28-20(12-6-7-24-19(30)9-12)25-26-21(28)29-8-2-3-17(29)16-11-18(31-27-16)14-10-13(22)4-5-15(14)23/h4-7,9-11,17H,2-3,8H2,1H3,(H,24,30)/t17-/m1/s1. The van der Waals surface area contributed by atoms with E-state index in [-0.39, 0.29) is 17.2 Å². The molecule has 1 N–H and O–H groups in total. The van der Waals surface area contributed by atoms with Crippen molar-refractivity contribution in [2.45, 2.75) is 18.9 Å². The number of hydrogen-bond donors (Lipinski definition) is 1.